The number of morpholine rings is 1. The first kappa shape index (κ1) is 10.5. The maximum atomic E-state index is 5.72. The van der Waals surface area contributed by atoms with Gasteiger partial charge in [-0.25, -0.2) is 0 Å². The predicted octanol–water partition coefficient (Wildman–Crippen LogP) is 1.66. The molecule has 3 nitrogen and oxygen atoms in total. The van der Waals surface area contributed by atoms with Gasteiger partial charge in [0.25, 0.3) is 0 Å². The van der Waals surface area contributed by atoms with Crippen LogP contribution in [0.4, 0.5) is 0 Å². The summed E-state index contributed by atoms with van der Waals surface area (Å²) >= 11 is 0. The molecular weight excluding hydrogens is 190 g/mol. The van der Waals surface area contributed by atoms with Crippen molar-refractivity contribution >= 4 is 0 Å². The first-order valence-corrected chi connectivity index (χ1v) is 5.28. The molecule has 1 fully saturated rings. The fourth-order valence-corrected chi connectivity index (χ4v) is 1.87. The smallest absolute Gasteiger partial charge is 0.124 e. The van der Waals surface area contributed by atoms with E-state index in [0.29, 0.717) is 0 Å². The summed E-state index contributed by atoms with van der Waals surface area (Å²) in [5, 5.41) is 3.32. The summed E-state index contributed by atoms with van der Waals surface area (Å²) in [5.41, 5.74) is 2.38. The molecule has 1 saturated heterocycles. The summed E-state index contributed by atoms with van der Waals surface area (Å²) < 4.78 is 11.1. The van der Waals surface area contributed by atoms with Crippen LogP contribution in [0, 0.1) is 6.92 Å². The lowest BCUT2D eigenvalue weighted by atomic mass is 10.0. The van der Waals surface area contributed by atoms with Gasteiger partial charge in [0.1, 0.15) is 5.75 Å². The Morgan fingerprint density at radius 1 is 1.47 bits per heavy atom. The topological polar surface area (TPSA) is 30.5 Å². The van der Waals surface area contributed by atoms with Crippen LogP contribution in [0.25, 0.3) is 0 Å². The molecule has 0 bridgehead atoms. The zero-order valence-corrected chi connectivity index (χ0v) is 9.25. The normalized spacial score (nSPS) is 21.3. The van der Waals surface area contributed by atoms with E-state index in [0.717, 1.165) is 31.0 Å². The fourth-order valence-electron chi connectivity index (χ4n) is 1.87. The molecule has 2 rings (SSSR count). The van der Waals surface area contributed by atoms with Gasteiger partial charge >= 0.3 is 0 Å². The molecule has 1 atom stereocenters. The zero-order chi connectivity index (χ0) is 10.7. The number of hydrogen-bond acceptors (Lipinski definition) is 3. The molecule has 0 saturated carbocycles. The van der Waals surface area contributed by atoms with Crippen LogP contribution in [0.2, 0.25) is 0 Å². The van der Waals surface area contributed by atoms with Crippen molar-refractivity contribution < 1.29 is 9.47 Å². The van der Waals surface area contributed by atoms with Crippen molar-refractivity contribution in [2.24, 2.45) is 0 Å². The van der Waals surface area contributed by atoms with E-state index in [1.54, 1.807) is 7.11 Å². The molecule has 1 unspecified atom stereocenters. The highest BCUT2D eigenvalue weighted by Crippen LogP contribution is 2.29. The Morgan fingerprint density at radius 3 is 3.00 bits per heavy atom. The van der Waals surface area contributed by atoms with E-state index in [9.17, 15) is 0 Å². The highest BCUT2D eigenvalue weighted by atomic mass is 16.5. The summed E-state index contributed by atoms with van der Waals surface area (Å²) in [6.45, 7) is 4.64. The van der Waals surface area contributed by atoms with E-state index >= 15 is 0 Å². The van der Waals surface area contributed by atoms with Crippen molar-refractivity contribution in [2.75, 3.05) is 26.8 Å². The Balaban J connectivity index is 2.27. The lowest BCUT2D eigenvalue weighted by molar-refractivity contribution is 0.0262. The van der Waals surface area contributed by atoms with Crippen molar-refractivity contribution in [3.8, 4) is 5.75 Å². The number of methoxy groups -OCH3 is 1. The third kappa shape index (κ3) is 2.30. The van der Waals surface area contributed by atoms with Crippen LogP contribution < -0.4 is 10.1 Å². The third-order valence-electron chi connectivity index (χ3n) is 2.66. The first-order valence-electron chi connectivity index (χ1n) is 5.28. The van der Waals surface area contributed by atoms with E-state index in [-0.39, 0.29) is 6.10 Å². The number of hydrogen-bond donors (Lipinski definition) is 1. The molecule has 1 aromatic rings. The Morgan fingerprint density at radius 2 is 2.33 bits per heavy atom. The molecule has 0 radical (unpaired) electrons. The molecule has 0 spiro atoms. The Labute approximate surface area is 90.4 Å². The van der Waals surface area contributed by atoms with Crippen LogP contribution >= 0.6 is 0 Å². The lowest BCUT2D eigenvalue weighted by Crippen LogP contribution is -2.33. The first-order chi connectivity index (χ1) is 7.31. The molecule has 0 aromatic heterocycles. The Kier molecular flexibility index (Phi) is 3.23. The van der Waals surface area contributed by atoms with Crippen molar-refractivity contribution in [3.05, 3.63) is 29.3 Å². The molecular formula is C12H17NO2. The van der Waals surface area contributed by atoms with E-state index in [1.165, 1.54) is 5.56 Å². The summed E-state index contributed by atoms with van der Waals surface area (Å²) in [6, 6.07) is 6.19. The highest BCUT2D eigenvalue weighted by molar-refractivity contribution is 5.38. The van der Waals surface area contributed by atoms with Crippen molar-refractivity contribution in [1.29, 1.82) is 0 Å². The van der Waals surface area contributed by atoms with Crippen LogP contribution in [0.15, 0.2) is 18.2 Å². The quantitative estimate of drug-likeness (QED) is 0.800. The van der Waals surface area contributed by atoms with E-state index < -0.39 is 0 Å². The minimum atomic E-state index is 0.119. The lowest BCUT2D eigenvalue weighted by Gasteiger charge is -2.25. The van der Waals surface area contributed by atoms with Gasteiger partial charge in [-0.2, -0.15) is 0 Å². The van der Waals surface area contributed by atoms with Crippen LogP contribution in [-0.4, -0.2) is 26.8 Å². The zero-order valence-electron chi connectivity index (χ0n) is 9.25. The standard InChI is InChI=1S/C12H17NO2/c1-9-3-4-11(14-2)10(7-9)12-8-13-5-6-15-12/h3-4,7,12-13H,5-6,8H2,1-2H3. The van der Waals surface area contributed by atoms with Crippen LogP contribution in [0.5, 0.6) is 5.75 Å². The molecule has 3 heteroatoms. The maximum absolute atomic E-state index is 5.72. The van der Waals surface area contributed by atoms with Gasteiger partial charge in [-0.15, -0.1) is 0 Å². The Hall–Kier alpha value is -1.06. The molecule has 0 amide bonds. The van der Waals surface area contributed by atoms with Crippen molar-refractivity contribution in [3.63, 3.8) is 0 Å². The van der Waals surface area contributed by atoms with E-state index in [1.807, 2.05) is 6.07 Å². The van der Waals surface area contributed by atoms with E-state index in [4.69, 9.17) is 9.47 Å². The molecule has 1 heterocycles. The molecule has 1 aliphatic rings. The molecule has 82 valence electrons. The number of ether oxygens (including phenoxy) is 2. The molecule has 15 heavy (non-hydrogen) atoms. The third-order valence-corrected chi connectivity index (χ3v) is 2.66. The second-order valence-corrected chi connectivity index (χ2v) is 3.81. The van der Waals surface area contributed by atoms with Gasteiger partial charge in [0, 0.05) is 18.7 Å². The van der Waals surface area contributed by atoms with E-state index in [2.05, 4.69) is 24.4 Å². The second kappa shape index (κ2) is 4.64. The van der Waals surface area contributed by atoms with Crippen LogP contribution in [-0.2, 0) is 4.74 Å². The molecule has 0 aliphatic carbocycles. The van der Waals surface area contributed by atoms with Gasteiger partial charge in [0.15, 0.2) is 0 Å². The summed E-state index contributed by atoms with van der Waals surface area (Å²) in [4.78, 5) is 0. The fraction of sp³-hybridized carbons (Fsp3) is 0.500. The van der Waals surface area contributed by atoms with Crippen molar-refractivity contribution in [1.82, 2.24) is 5.32 Å². The van der Waals surface area contributed by atoms with Crippen LogP contribution in [0.3, 0.4) is 0 Å². The molecule has 1 aliphatic heterocycles. The Bertz CT molecular complexity index is 332. The van der Waals surface area contributed by atoms with Gasteiger partial charge in [0.05, 0.1) is 19.8 Å². The average molecular weight is 207 g/mol. The van der Waals surface area contributed by atoms with Gasteiger partial charge in [-0.3, -0.25) is 0 Å². The van der Waals surface area contributed by atoms with Crippen molar-refractivity contribution in [2.45, 2.75) is 13.0 Å². The summed E-state index contributed by atoms with van der Waals surface area (Å²) in [7, 11) is 1.70. The largest absolute Gasteiger partial charge is 0.496 e. The number of benzene rings is 1. The monoisotopic (exact) mass is 207 g/mol. The number of aryl methyl sites for hydroxylation is 1. The predicted molar refractivity (Wildman–Crippen MR) is 59.3 cm³/mol. The van der Waals surface area contributed by atoms with Gasteiger partial charge in [0.2, 0.25) is 0 Å². The highest BCUT2D eigenvalue weighted by Gasteiger charge is 2.19. The van der Waals surface area contributed by atoms with Crippen LogP contribution in [0.1, 0.15) is 17.2 Å². The molecule has 1 N–H and O–H groups in total. The van der Waals surface area contributed by atoms with Gasteiger partial charge < -0.3 is 14.8 Å². The van der Waals surface area contributed by atoms with Gasteiger partial charge in [-0.05, 0) is 19.1 Å². The summed E-state index contributed by atoms with van der Waals surface area (Å²) in [5.74, 6) is 0.911. The number of nitrogens with one attached hydrogen (secondary N) is 1. The number of rotatable bonds is 2. The SMILES string of the molecule is COc1ccc(C)cc1C1CNCCO1. The van der Waals surface area contributed by atoms with Gasteiger partial charge in [-0.1, -0.05) is 11.6 Å². The summed E-state index contributed by atoms with van der Waals surface area (Å²) in [6.07, 6.45) is 0.119. The average Bonchev–Trinajstić information content (AvgIpc) is 2.30. The second-order valence-electron chi connectivity index (χ2n) is 3.81. The minimum Gasteiger partial charge on any atom is -0.496 e. The minimum absolute atomic E-state index is 0.119. The molecule has 1 aromatic carbocycles. The maximum Gasteiger partial charge on any atom is 0.124 e.